The fourth-order valence-corrected chi connectivity index (χ4v) is 3.90. The SMILES string of the molecule is Cc1ccc(N2C[C@H](C(=O)Nc3nn(C)c4c3C[C@@H](C)C(=O)N4)CC2=O)cc1C. The summed E-state index contributed by atoms with van der Waals surface area (Å²) in [6, 6.07) is 5.88. The molecule has 1 aromatic heterocycles. The Labute approximate surface area is 169 Å². The number of hydrogen-bond donors (Lipinski definition) is 2. The number of hydrogen-bond acceptors (Lipinski definition) is 4. The quantitative estimate of drug-likeness (QED) is 0.832. The van der Waals surface area contributed by atoms with E-state index in [1.54, 1.807) is 16.6 Å². The summed E-state index contributed by atoms with van der Waals surface area (Å²) in [5.41, 5.74) is 3.92. The first kappa shape index (κ1) is 19.2. The number of anilines is 3. The first-order valence-corrected chi connectivity index (χ1v) is 9.79. The minimum absolute atomic E-state index is 0.0520. The van der Waals surface area contributed by atoms with E-state index in [0.29, 0.717) is 24.6 Å². The predicted octanol–water partition coefficient (Wildman–Crippen LogP) is 2.16. The minimum atomic E-state index is -0.447. The van der Waals surface area contributed by atoms with Crippen molar-refractivity contribution in [3.8, 4) is 0 Å². The van der Waals surface area contributed by atoms with E-state index in [9.17, 15) is 14.4 Å². The highest BCUT2D eigenvalue weighted by Gasteiger charge is 2.36. The third-order valence-electron chi connectivity index (χ3n) is 5.88. The molecule has 0 unspecified atom stereocenters. The molecule has 152 valence electrons. The van der Waals surface area contributed by atoms with E-state index < -0.39 is 5.92 Å². The molecule has 1 fully saturated rings. The molecule has 2 atom stereocenters. The second-order valence-corrected chi connectivity index (χ2v) is 8.06. The third kappa shape index (κ3) is 3.39. The molecule has 0 bridgehead atoms. The smallest absolute Gasteiger partial charge is 0.231 e. The minimum Gasteiger partial charge on any atom is -0.312 e. The Morgan fingerprint density at radius 1 is 1.21 bits per heavy atom. The largest absolute Gasteiger partial charge is 0.312 e. The molecule has 0 saturated carbocycles. The molecule has 29 heavy (non-hydrogen) atoms. The molecule has 8 nitrogen and oxygen atoms in total. The Morgan fingerprint density at radius 3 is 2.69 bits per heavy atom. The molecule has 2 aliphatic rings. The number of fused-ring (bicyclic) bond motifs is 1. The van der Waals surface area contributed by atoms with Crippen LogP contribution in [0.4, 0.5) is 17.3 Å². The molecule has 1 saturated heterocycles. The second-order valence-electron chi connectivity index (χ2n) is 8.06. The van der Waals surface area contributed by atoms with Gasteiger partial charge < -0.3 is 15.5 Å². The number of carbonyl (C=O) groups excluding carboxylic acids is 3. The molecule has 2 aromatic rings. The van der Waals surface area contributed by atoms with Crippen LogP contribution in [0.25, 0.3) is 0 Å². The van der Waals surface area contributed by atoms with Gasteiger partial charge in [-0.3, -0.25) is 19.1 Å². The predicted molar refractivity (Wildman–Crippen MR) is 110 cm³/mol. The summed E-state index contributed by atoms with van der Waals surface area (Å²) in [7, 11) is 1.73. The Kier molecular flexibility index (Phi) is 4.64. The van der Waals surface area contributed by atoms with Crippen LogP contribution in [0.1, 0.15) is 30.0 Å². The Bertz CT molecular complexity index is 1030. The molecular weight excluding hydrogens is 370 g/mol. The third-order valence-corrected chi connectivity index (χ3v) is 5.88. The van der Waals surface area contributed by atoms with Crippen molar-refractivity contribution in [2.24, 2.45) is 18.9 Å². The van der Waals surface area contributed by atoms with Crippen LogP contribution in [0.15, 0.2) is 18.2 Å². The van der Waals surface area contributed by atoms with Gasteiger partial charge in [-0.2, -0.15) is 5.10 Å². The highest BCUT2D eigenvalue weighted by Crippen LogP contribution is 2.32. The van der Waals surface area contributed by atoms with E-state index in [0.717, 1.165) is 22.4 Å². The van der Waals surface area contributed by atoms with Crippen LogP contribution in [-0.4, -0.2) is 34.0 Å². The number of benzene rings is 1. The zero-order valence-electron chi connectivity index (χ0n) is 17.1. The topological polar surface area (TPSA) is 96.3 Å². The van der Waals surface area contributed by atoms with Gasteiger partial charge in [0.1, 0.15) is 5.82 Å². The lowest BCUT2D eigenvalue weighted by molar-refractivity contribution is -0.122. The van der Waals surface area contributed by atoms with Crippen LogP contribution in [0, 0.1) is 25.7 Å². The van der Waals surface area contributed by atoms with Crippen LogP contribution < -0.4 is 15.5 Å². The number of nitrogens with zero attached hydrogens (tertiary/aromatic N) is 3. The normalized spacial score (nSPS) is 21.2. The van der Waals surface area contributed by atoms with Crippen LogP contribution in [0.5, 0.6) is 0 Å². The monoisotopic (exact) mass is 395 g/mol. The first-order valence-electron chi connectivity index (χ1n) is 9.79. The summed E-state index contributed by atoms with van der Waals surface area (Å²) in [5, 5.41) is 10.1. The summed E-state index contributed by atoms with van der Waals surface area (Å²) in [6.45, 7) is 6.22. The van der Waals surface area contributed by atoms with Crippen LogP contribution in [-0.2, 0) is 27.9 Å². The summed E-state index contributed by atoms with van der Waals surface area (Å²) in [4.78, 5) is 39.0. The highest BCUT2D eigenvalue weighted by molar-refractivity contribution is 6.04. The van der Waals surface area contributed by atoms with Crippen molar-refractivity contribution in [1.29, 1.82) is 0 Å². The van der Waals surface area contributed by atoms with E-state index in [2.05, 4.69) is 15.7 Å². The lowest BCUT2D eigenvalue weighted by Crippen LogP contribution is -2.30. The standard InChI is InChI=1S/C21H25N5O3/c1-11-5-6-15(7-12(11)2)26-10-14(9-17(26)27)21(29)22-18-16-8-13(3)20(28)23-19(16)25(4)24-18/h5-7,13-14H,8-10H2,1-4H3,(H,23,28)(H,22,24,29)/t13-,14-/m1/s1. The highest BCUT2D eigenvalue weighted by atomic mass is 16.2. The Hall–Kier alpha value is -3.16. The van der Waals surface area contributed by atoms with Crippen molar-refractivity contribution in [3.63, 3.8) is 0 Å². The summed E-state index contributed by atoms with van der Waals surface area (Å²) < 4.78 is 1.57. The molecule has 3 amide bonds. The van der Waals surface area contributed by atoms with Crippen molar-refractivity contribution < 1.29 is 14.4 Å². The van der Waals surface area contributed by atoms with Gasteiger partial charge in [0.25, 0.3) is 0 Å². The lowest BCUT2D eigenvalue weighted by Gasteiger charge is -2.20. The van der Waals surface area contributed by atoms with Crippen molar-refractivity contribution in [2.45, 2.75) is 33.6 Å². The molecule has 0 radical (unpaired) electrons. The van der Waals surface area contributed by atoms with Gasteiger partial charge in [0.15, 0.2) is 5.82 Å². The summed E-state index contributed by atoms with van der Waals surface area (Å²) >= 11 is 0. The average Bonchev–Trinajstić information content (AvgIpc) is 3.19. The zero-order valence-corrected chi connectivity index (χ0v) is 17.1. The van der Waals surface area contributed by atoms with Crippen molar-refractivity contribution >= 4 is 35.0 Å². The van der Waals surface area contributed by atoms with Crippen molar-refractivity contribution in [3.05, 3.63) is 34.9 Å². The zero-order chi connectivity index (χ0) is 20.9. The molecule has 0 aliphatic carbocycles. The van der Waals surface area contributed by atoms with Gasteiger partial charge in [-0.15, -0.1) is 0 Å². The fraction of sp³-hybridized carbons (Fsp3) is 0.429. The van der Waals surface area contributed by atoms with Gasteiger partial charge in [-0.25, -0.2) is 0 Å². The van der Waals surface area contributed by atoms with Gasteiger partial charge in [0, 0.05) is 37.2 Å². The molecule has 8 heteroatoms. The Balaban J connectivity index is 1.50. The van der Waals surface area contributed by atoms with Gasteiger partial charge in [-0.05, 0) is 43.5 Å². The molecule has 2 N–H and O–H groups in total. The van der Waals surface area contributed by atoms with Crippen molar-refractivity contribution in [2.75, 3.05) is 22.1 Å². The van der Waals surface area contributed by atoms with Gasteiger partial charge in [-0.1, -0.05) is 13.0 Å². The number of carbonyl (C=O) groups is 3. The molecule has 0 spiro atoms. The molecule has 3 heterocycles. The second kappa shape index (κ2) is 7.02. The van der Waals surface area contributed by atoms with E-state index in [-0.39, 0.29) is 30.1 Å². The van der Waals surface area contributed by atoms with E-state index in [4.69, 9.17) is 0 Å². The number of aryl methyl sites for hydroxylation is 3. The van der Waals surface area contributed by atoms with Crippen LogP contribution >= 0.6 is 0 Å². The van der Waals surface area contributed by atoms with Crippen LogP contribution in [0.3, 0.4) is 0 Å². The average molecular weight is 395 g/mol. The maximum Gasteiger partial charge on any atom is 0.231 e. The number of aromatic nitrogens is 2. The number of amides is 3. The summed E-state index contributed by atoms with van der Waals surface area (Å²) in [5.74, 6) is 0.100. The number of rotatable bonds is 3. The maximum absolute atomic E-state index is 12.9. The summed E-state index contributed by atoms with van der Waals surface area (Å²) in [6.07, 6.45) is 0.684. The maximum atomic E-state index is 12.9. The van der Waals surface area contributed by atoms with Gasteiger partial charge in [0.2, 0.25) is 17.7 Å². The Morgan fingerprint density at radius 2 is 1.97 bits per heavy atom. The number of nitrogens with one attached hydrogen (secondary N) is 2. The molecular formula is C21H25N5O3. The lowest BCUT2D eigenvalue weighted by atomic mass is 9.97. The van der Waals surface area contributed by atoms with Gasteiger partial charge in [0.05, 0.1) is 5.92 Å². The molecule has 4 rings (SSSR count). The van der Waals surface area contributed by atoms with Crippen molar-refractivity contribution in [1.82, 2.24) is 9.78 Å². The van der Waals surface area contributed by atoms with E-state index in [1.165, 1.54) is 0 Å². The van der Waals surface area contributed by atoms with Crippen LogP contribution in [0.2, 0.25) is 0 Å². The van der Waals surface area contributed by atoms with E-state index in [1.807, 2.05) is 39.0 Å². The van der Waals surface area contributed by atoms with Gasteiger partial charge >= 0.3 is 0 Å². The molecule has 1 aromatic carbocycles. The molecule has 2 aliphatic heterocycles. The fourth-order valence-electron chi connectivity index (χ4n) is 3.90. The first-order chi connectivity index (χ1) is 13.7. The van der Waals surface area contributed by atoms with E-state index >= 15 is 0 Å².